The van der Waals surface area contributed by atoms with E-state index in [4.69, 9.17) is 9.97 Å². The standard InChI is InChI=1S/C21H24N6/c1-15-12-21(14-24-15)5-10-27(11-6-21)20-17-4-9-23-13-18(17)25-19(26-20)16-2-7-22-8-3-16/h2-4,7-9,13,15,24H,5-6,10-12,14H2,1H3. The number of anilines is 1. The van der Waals surface area contributed by atoms with Gasteiger partial charge in [0.2, 0.25) is 0 Å². The highest BCUT2D eigenvalue weighted by Crippen LogP contribution is 2.41. The number of pyridine rings is 2. The fourth-order valence-electron chi connectivity index (χ4n) is 4.59. The number of rotatable bonds is 2. The van der Waals surface area contributed by atoms with E-state index in [1.54, 1.807) is 12.4 Å². The molecule has 0 radical (unpaired) electrons. The van der Waals surface area contributed by atoms with Gasteiger partial charge in [0.1, 0.15) is 5.82 Å². The fraction of sp³-hybridized carbons (Fsp3) is 0.429. The first-order valence-corrected chi connectivity index (χ1v) is 9.73. The molecule has 2 aliphatic rings. The number of piperidine rings is 1. The summed E-state index contributed by atoms with van der Waals surface area (Å²) in [5.41, 5.74) is 2.35. The maximum Gasteiger partial charge on any atom is 0.162 e. The van der Waals surface area contributed by atoms with E-state index in [1.165, 1.54) is 19.3 Å². The van der Waals surface area contributed by atoms with Crippen molar-refractivity contribution in [3.05, 3.63) is 43.0 Å². The summed E-state index contributed by atoms with van der Waals surface area (Å²) in [6.07, 6.45) is 10.9. The largest absolute Gasteiger partial charge is 0.356 e. The lowest BCUT2D eigenvalue weighted by atomic mass is 9.77. The van der Waals surface area contributed by atoms with Crippen LogP contribution in [-0.4, -0.2) is 45.6 Å². The quantitative estimate of drug-likeness (QED) is 0.758. The third kappa shape index (κ3) is 3.04. The average Bonchev–Trinajstić information content (AvgIpc) is 3.08. The molecule has 2 aliphatic heterocycles. The molecule has 138 valence electrons. The molecule has 1 N–H and O–H groups in total. The Hall–Kier alpha value is -2.60. The molecule has 1 atom stereocenters. The van der Waals surface area contributed by atoms with Gasteiger partial charge in [-0.1, -0.05) is 0 Å². The summed E-state index contributed by atoms with van der Waals surface area (Å²) in [5, 5.41) is 4.72. The molecule has 0 aliphatic carbocycles. The van der Waals surface area contributed by atoms with Gasteiger partial charge in [-0.25, -0.2) is 9.97 Å². The van der Waals surface area contributed by atoms with E-state index in [-0.39, 0.29) is 0 Å². The molecular weight excluding hydrogens is 336 g/mol. The molecule has 1 spiro atoms. The molecule has 0 amide bonds. The van der Waals surface area contributed by atoms with Crippen molar-refractivity contribution in [1.82, 2.24) is 25.3 Å². The Morgan fingerprint density at radius 3 is 2.56 bits per heavy atom. The van der Waals surface area contributed by atoms with E-state index in [9.17, 15) is 0 Å². The van der Waals surface area contributed by atoms with Gasteiger partial charge in [0.15, 0.2) is 5.82 Å². The second kappa shape index (κ2) is 6.53. The van der Waals surface area contributed by atoms with Crippen LogP contribution in [0, 0.1) is 5.41 Å². The molecular formula is C21H24N6. The zero-order valence-electron chi connectivity index (χ0n) is 15.6. The summed E-state index contributed by atoms with van der Waals surface area (Å²) in [5.74, 6) is 1.77. The van der Waals surface area contributed by atoms with Crippen LogP contribution >= 0.6 is 0 Å². The maximum atomic E-state index is 4.97. The van der Waals surface area contributed by atoms with Crippen LogP contribution in [0.5, 0.6) is 0 Å². The fourth-order valence-corrected chi connectivity index (χ4v) is 4.59. The van der Waals surface area contributed by atoms with Crippen molar-refractivity contribution in [3.8, 4) is 11.4 Å². The van der Waals surface area contributed by atoms with Gasteiger partial charge >= 0.3 is 0 Å². The Balaban J connectivity index is 1.51. The van der Waals surface area contributed by atoms with Crippen LogP contribution in [0.4, 0.5) is 5.82 Å². The summed E-state index contributed by atoms with van der Waals surface area (Å²) in [4.78, 5) is 20.5. The first kappa shape index (κ1) is 16.6. The van der Waals surface area contributed by atoms with E-state index >= 15 is 0 Å². The Morgan fingerprint density at radius 1 is 1.04 bits per heavy atom. The molecule has 2 fully saturated rings. The topological polar surface area (TPSA) is 66.8 Å². The highest BCUT2D eigenvalue weighted by molar-refractivity contribution is 5.90. The molecule has 0 saturated carbocycles. The van der Waals surface area contributed by atoms with Crippen molar-refractivity contribution in [2.45, 2.75) is 32.2 Å². The van der Waals surface area contributed by atoms with Crippen LogP contribution in [0.3, 0.4) is 0 Å². The van der Waals surface area contributed by atoms with Crippen molar-refractivity contribution in [2.75, 3.05) is 24.5 Å². The molecule has 27 heavy (non-hydrogen) atoms. The minimum atomic E-state index is 0.467. The number of nitrogens with zero attached hydrogens (tertiary/aromatic N) is 5. The van der Waals surface area contributed by atoms with Crippen molar-refractivity contribution in [2.24, 2.45) is 5.41 Å². The lowest BCUT2D eigenvalue weighted by Gasteiger charge is -2.40. The summed E-state index contributed by atoms with van der Waals surface area (Å²) < 4.78 is 0. The van der Waals surface area contributed by atoms with Crippen LogP contribution in [0.25, 0.3) is 22.3 Å². The van der Waals surface area contributed by atoms with Crippen molar-refractivity contribution in [3.63, 3.8) is 0 Å². The van der Waals surface area contributed by atoms with Crippen molar-refractivity contribution >= 4 is 16.7 Å². The molecule has 3 aromatic heterocycles. The van der Waals surface area contributed by atoms with Crippen LogP contribution in [0.15, 0.2) is 43.0 Å². The maximum absolute atomic E-state index is 4.97. The lowest BCUT2D eigenvalue weighted by molar-refractivity contribution is 0.243. The predicted octanol–water partition coefficient (Wildman–Crippen LogP) is 3.06. The van der Waals surface area contributed by atoms with Crippen molar-refractivity contribution < 1.29 is 0 Å². The predicted molar refractivity (Wildman–Crippen MR) is 107 cm³/mol. The number of hydrogen-bond donors (Lipinski definition) is 1. The highest BCUT2D eigenvalue weighted by atomic mass is 15.2. The van der Waals surface area contributed by atoms with Gasteiger partial charge in [-0.3, -0.25) is 9.97 Å². The van der Waals surface area contributed by atoms with Crippen LogP contribution in [0.2, 0.25) is 0 Å². The van der Waals surface area contributed by atoms with Gasteiger partial charge in [-0.15, -0.1) is 0 Å². The normalized spacial score (nSPS) is 21.8. The molecule has 1 unspecified atom stereocenters. The highest BCUT2D eigenvalue weighted by Gasteiger charge is 2.40. The first-order valence-electron chi connectivity index (χ1n) is 9.73. The zero-order chi connectivity index (χ0) is 18.3. The van der Waals surface area contributed by atoms with Crippen LogP contribution < -0.4 is 10.2 Å². The van der Waals surface area contributed by atoms with Crippen LogP contribution in [-0.2, 0) is 0 Å². The number of aromatic nitrogens is 4. The summed E-state index contributed by atoms with van der Waals surface area (Å²) in [7, 11) is 0. The molecule has 6 heteroatoms. The van der Waals surface area contributed by atoms with E-state index in [1.807, 2.05) is 30.6 Å². The second-order valence-corrected chi connectivity index (χ2v) is 7.97. The molecule has 0 aromatic carbocycles. The summed E-state index contributed by atoms with van der Waals surface area (Å²) in [6.45, 7) is 5.53. The van der Waals surface area contributed by atoms with Gasteiger partial charge < -0.3 is 10.2 Å². The Labute approximate surface area is 159 Å². The monoisotopic (exact) mass is 360 g/mol. The summed E-state index contributed by atoms with van der Waals surface area (Å²) in [6, 6.07) is 6.58. The summed E-state index contributed by atoms with van der Waals surface area (Å²) >= 11 is 0. The third-order valence-electron chi connectivity index (χ3n) is 6.11. The van der Waals surface area contributed by atoms with Crippen molar-refractivity contribution in [1.29, 1.82) is 0 Å². The smallest absolute Gasteiger partial charge is 0.162 e. The van der Waals surface area contributed by atoms with Gasteiger partial charge in [-0.05, 0) is 49.8 Å². The Morgan fingerprint density at radius 2 is 1.81 bits per heavy atom. The van der Waals surface area contributed by atoms with E-state index in [0.29, 0.717) is 11.5 Å². The minimum absolute atomic E-state index is 0.467. The Kier molecular flexibility index (Phi) is 4.01. The molecule has 5 rings (SSSR count). The average molecular weight is 360 g/mol. The van der Waals surface area contributed by atoms with Gasteiger partial charge in [0.05, 0.1) is 11.7 Å². The number of fused-ring (bicyclic) bond motifs is 1. The van der Waals surface area contributed by atoms with E-state index < -0.39 is 0 Å². The molecule has 3 aromatic rings. The number of hydrogen-bond acceptors (Lipinski definition) is 6. The second-order valence-electron chi connectivity index (χ2n) is 7.97. The third-order valence-corrected chi connectivity index (χ3v) is 6.11. The Bertz CT molecular complexity index is 949. The molecule has 2 saturated heterocycles. The van der Waals surface area contributed by atoms with E-state index in [2.05, 4.69) is 27.1 Å². The zero-order valence-corrected chi connectivity index (χ0v) is 15.6. The van der Waals surface area contributed by atoms with Gasteiger partial charge in [0, 0.05) is 55.2 Å². The first-order chi connectivity index (χ1) is 13.2. The SMILES string of the molecule is CC1CC2(CCN(c3nc(-c4ccncc4)nc4cnccc34)CC2)CN1. The number of nitrogens with one attached hydrogen (secondary N) is 1. The molecule has 0 bridgehead atoms. The lowest BCUT2D eigenvalue weighted by Crippen LogP contribution is -2.41. The minimum Gasteiger partial charge on any atom is -0.356 e. The van der Waals surface area contributed by atoms with E-state index in [0.717, 1.165) is 47.7 Å². The van der Waals surface area contributed by atoms with Crippen LogP contribution in [0.1, 0.15) is 26.2 Å². The van der Waals surface area contributed by atoms with Gasteiger partial charge in [-0.2, -0.15) is 0 Å². The van der Waals surface area contributed by atoms with Gasteiger partial charge in [0.25, 0.3) is 0 Å². The molecule has 6 nitrogen and oxygen atoms in total. The molecule has 5 heterocycles.